The van der Waals surface area contributed by atoms with Crippen LogP contribution in [0, 0.1) is 0 Å². The summed E-state index contributed by atoms with van der Waals surface area (Å²) >= 11 is 0. The second kappa shape index (κ2) is 8.04. The Bertz CT molecular complexity index is 502. The Morgan fingerprint density at radius 1 is 1.05 bits per heavy atom. The van der Waals surface area contributed by atoms with Gasteiger partial charge in [0, 0.05) is 0 Å². The van der Waals surface area contributed by atoms with Gasteiger partial charge in [-0.1, -0.05) is 30.3 Å². The first kappa shape index (κ1) is 16.7. The first-order valence-electron chi connectivity index (χ1n) is 6.65. The Balaban J connectivity index is 2.45. The molecule has 0 aliphatic carbocycles. The summed E-state index contributed by atoms with van der Waals surface area (Å²) in [6.45, 7) is 3.07. The molecule has 114 valence electrons. The summed E-state index contributed by atoms with van der Waals surface area (Å²) in [4.78, 5) is 34.9. The van der Waals surface area contributed by atoms with Crippen molar-refractivity contribution in [2.24, 2.45) is 0 Å². The van der Waals surface area contributed by atoms with Gasteiger partial charge in [0.05, 0.1) is 13.5 Å². The molecule has 2 N–H and O–H groups in total. The van der Waals surface area contributed by atoms with Crippen molar-refractivity contribution >= 4 is 17.8 Å². The van der Waals surface area contributed by atoms with Crippen molar-refractivity contribution in [2.45, 2.75) is 32.4 Å². The molecule has 2 amide bonds. The molecule has 0 aliphatic rings. The normalized spacial score (nSPS) is 12.9. The zero-order valence-corrected chi connectivity index (χ0v) is 12.4. The summed E-state index contributed by atoms with van der Waals surface area (Å²) in [5.41, 5.74) is 0.866. The largest absolute Gasteiger partial charge is 0.467 e. The van der Waals surface area contributed by atoms with E-state index in [0.717, 1.165) is 5.56 Å². The van der Waals surface area contributed by atoms with Crippen molar-refractivity contribution < 1.29 is 19.1 Å². The maximum absolute atomic E-state index is 11.8. The zero-order chi connectivity index (χ0) is 15.8. The highest BCUT2D eigenvalue weighted by Gasteiger charge is 2.21. The molecule has 1 aromatic carbocycles. The van der Waals surface area contributed by atoms with Crippen molar-refractivity contribution in [3.63, 3.8) is 0 Å². The van der Waals surface area contributed by atoms with Crippen LogP contribution < -0.4 is 10.6 Å². The smallest absolute Gasteiger partial charge is 0.328 e. The monoisotopic (exact) mass is 292 g/mol. The second-order valence-corrected chi connectivity index (χ2v) is 4.71. The van der Waals surface area contributed by atoms with E-state index in [9.17, 15) is 14.4 Å². The van der Waals surface area contributed by atoms with Crippen LogP contribution in [0.3, 0.4) is 0 Å². The first-order valence-corrected chi connectivity index (χ1v) is 6.65. The van der Waals surface area contributed by atoms with Crippen LogP contribution in [-0.2, 0) is 25.5 Å². The molecule has 1 aromatic rings. The van der Waals surface area contributed by atoms with E-state index < -0.39 is 24.0 Å². The molecule has 0 spiro atoms. The SMILES string of the molecule is COC(=O)[C@H](C)NC(=O)[C@H](C)NC(=O)Cc1ccccc1. The van der Waals surface area contributed by atoms with E-state index in [2.05, 4.69) is 15.4 Å². The molecule has 0 saturated heterocycles. The number of nitrogens with one attached hydrogen (secondary N) is 2. The third kappa shape index (κ3) is 5.64. The van der Waals surface area contributed by atoms with Gasteiger partial charge in [-0.15, -0.1) is 0 Å². The minimum absolute atomic E-state index is 0.199. The number of ether oxygens (including phenoxy) is 1. The van der Waals surface area contributed by atoms with Crippen LogP contribution in [-0.4, -0.2) is 37.0 Å². The van der Waals surface area contributed by atoms with Crippen molar-refractivity contribution in [1.82, 2.24) is 10.6 Å². The molecule has 0 bridgehead atoms. The van der Waals surface area contributed by atoms with Crippen LogP contribution in [0.2, 0.25) is 0 Å². The number of carbonyl (C=O) groups is 3. The molecule has 21 heavy (non-hydrogen) atoms. The molecule has 6 heteroatoms. The number of amides is 2. The third-order valence-corrected chi connectivity index (χ3v) is 2.89. The zero-order valence-electron chi connectivity index (χ0n) is 12.4. The van der Waals surface area contributed by atoms with Crippen molar-refractivity contribution in [3.05, 3.63) is 35.9 Å². The quantitative estimate of drug-likeness (QED) is 0.744. The Hall–Kier alpha value is -2.37. The summed E-state index contributed by atoms with van der Waals surface area (Å²) in [6.07, 6.45) is 0.199. The molecule has 6 nitrogen and oxygen atoms in total. The van der Waals surface area contributed by atoms with Crippen LogP contribution >= 0.6 is 0 Å². The minimum Gasteiger partial charge on any atom is -0.467 e. The molecule has 1 rings (SSSR count). The molecule has 0 aliphatic heterocycles. The molecule has 0 aromatic heterocycles. The van der Waals surface area contributed by atoms with Crippen molar-refractivity contribution in [3.8, 4) is 0 Å². The highest BCUT2D eigenvalue weighted by molar-refractivity contribution is 5.90. The molecule has 0 heterocycles. The molecule has 0 unspecified atom stereocenters. The predicted octanol–water partition coefficient (Wildman–Crippen LogP) is 0.412. The van der Waals surface area contributed by atoms with Gasteiger partial charge in [0.1, 0.15) is 12.1 Å². The number of hydrogen-bond donors (Lipinski definition) is 2. The predicted molar refractivity (Wildman–Crippen MR) is 77.4 cm³/mol. The fourth-order valence-electron chi connectivity index (χ4n) is 1.71. The Morgan fingerprint density at radius 3 is 2.24 bits per heavy atom. The molecular weight excluding hydrogens is 272 g/mol. The van der Waals surface area contributed by atoms with Gasteiger partial charge in [-0.05, 0) is 19.4 Å². The average Bonchev–Trinajstić information content (AvgIpc) is 2.46. The Morgan fingerprint density at radius 2 is 1.67 bits per heavy atom. The lowest BCUT2D eigenvalue weighted by Crippen LogP contribution is -2.49. The van der Waals surface area contributed by atoms with Crippen LogP contribution in [0.25, 0.3) is 0 Å². The molecule has 2 atom stereocenters. The Labute approximate surface area is 123 Å². The lowest BCUT2D eigenvalue weighted by Gasteiger charge is -2.17. The van der Waals surface area contributed by atoms with Crippen LogP contribution in [0.4, 0.5) is 0 Å². The molecule has 0 fully saturated rings. The van der Waals surface area contributed by atoms with Crippen LogP contribution in [0.5, 0.6) is 0 Å². The molecule has 0 radical (unpaired) electrons. The highest BCUT2D eigenvalue weighted by atomic mass is 16.5. The maximum atomic E-state index is 11.8. The van der Waals surface area contributed by atoms with Gasteiger partial charge in [-0.2, -0.15) is 0 Å². The summed E-state index contributed by atoms with van der Waals surface area (Å²) in [7, 11) is 1.25. The topological polar surface area (TPSA) is 84.5 Å². The summed E-state index contributed by atoms with van der Waals surface area (Å²) < 4.78 is 4.51. The van der Waals surface area contributed by atoms with E-state index in [1.807, 2.05) is 30.3 Å². The summed E-state index contributed by atoms with van der Waals surface area (Å²) in [6, 6.07) is 7.75. The van der Waals surface area contributed by atoms with Crippen molar-refractivity contribution in [2.75, 3.05) is 7.11 Å². The first-order chi connectivity index (χ1) is 9.93. The average molecular weight is 292 g/mol. The lowest BCUT2D eigenvalue weighted by molar-refractivity contribution is -0.144. The number of rotatable bonds is 6. The van der Waals surface area contributed by atoms with E-state index in [0.29, 0.717) is 0 Å². The summed E-state index contributed by atoms with van der Waals surface area (Å²) in [5.74, 6) is -1.23. The van der Waals surface area contributed by atoms with Gasteiger partial charge < -0.3 is 15.4 Å². The van der Waals surface area contributed by atoms with Gasteiger partial charge in [0.2, 0.25) is 11.8 Å². The minimum atomic E-state index is -0.754. The summed E-state index contributed by atoms with van der Waals surface area (Å²) in [5, 5.41) is 5.06. The number of hydrogen-bond acceptors (Lipinski definition) is 4. The van der Waals surface area contributed by atoms with Gasteiger partial charge >= 0.3 is 5.97 Å². The van der Waals surface area contributed by atoms with E-state index in [1.54, 1.807) is 6.92 Å². The number of carbonyl (C=O) groups excluding carboxylic acids is 3. The maximum Gasteiger partial charge on any atom is 0.328 e. The Kier molecular flexibility index (Phi) is 6.39. The lowest BCUT2D eigenvalue weighted by atomic mass is 10.1. The standard InChI is InChI=1S/C15H20N2O4/c1-10(14(19)17-11(2)15(20)21-3)16-13(18)9-12-7-5-4-6-8-12/h4-8,10-11H,9H2,1-3H3,(H,16,18)(H,17,19)/t10-,11-/m0/s1. The van der Waals surface area contributed by atoms with E-state index >= 15 is 0 Å². The van der Waals surface area contributed by atoms with E-state index in [-0.39, 0.29) is 12.3 Å². The van der Waals surface area contributed by atoms with Gasteiger partial charge in [0.15, 0.2) is 0 Å². The van der Waals surface area contributed by atoms with Gasteiger partial charge in [-0.3, -0.25) is 9.59 Å². The van der Waals surface area contributed by atoms with Gasteiger partial charge in [-0.25, -0.2) is 4.79 Å². The fourth-order valence-corrected chi connectivity index (χ4v) is 1.71. The fraction of sp³-hybridized carbons (Fsp3) is 0.400. The van der Waals surface area contributed by atoms with Crippen LogP contribution in [0.1, 0.15) is 19.4 Å². The van der Waals surface area contributed by atoms with E-state index in [1.165, 1.54) is 14.0 Å². The molecular formula is C15H20N2O4. The van der Waals surface area contributed by atoms with Gasteiger partial charge in [0.25, 0.3) is 0 Å². The van der Waals surface area contributed by atoms with E-state index in [4.69, 9.17) is 0 Å². The second-order valence-electron chi connectivity index (χ2n) is 4.71. The number of benzene rings is 1. The number of methoxy groups -OCH3 is 1. The van der Waals surface area contributed by atoms with Crippen molar-refractivity contribution in [1.29, 1.82) is 0 Å². The third-order valence-electron chi connectivity index (χ3n) is 2.89. The van der Waals surface area contributed by atoms with Crippen LogP contribution in [0.15, 0.2) is 30.3 Å². The highest BCUT2D eigenvalue weighted by Crippen LogP contribution is 1.99. The number of esters is 1. The molecule has 0 saturated carbocycles.